The molecule has 1 aromatic rings. The Morgan fingerprint density at radius 1 is 1.09 bits per heavy atom. The average Bonchev–Trinajstić information content (AvgIpc) is 2.47. The second-order valence-electron chi connectivity index (χ2n) is 5.88. The quantitative estimate of drug-likeness (QED) is 0.810. The molecule has 1 saturated heterocycles. The molecule has 0 N–H and O–H groups in total. The van der Waals surface area contributed by atoms with E-state index in [2.05, 4.69) is 36.9 Å². The van der Waals surface area contributed by atoms with E-state index in [1.807, 2.05) is 4.90 Å². The second kappa shape index (κ2) is 7.29. The van der Waals surface area contributed by atoms with Gasteiger partial charge in [-0.2, -0.15) is 0 Å². The minimum atomic E-state index is -1.09. The van der Waals surface area contributed by atoms with Gasteiger partial charge in [-0.1, -0.05) is 17.7 Å². The predicted molar refractivity (Wildman–Crippen MR) is 83.6 cm³/mol. The number of piperazine rings is 1. The van der Waals surface area contributed by atoms with Crippen molar-refractivity contribution in [2.45, 2.75) is 33.1 Å². The molecule has 0 saturated carbocycles. The number of amides is 1. The summed E-state index contributed by atoms with van der Waals surface area (Å²) in [4.78, 5) is 26.5. The number of nitrogens with zero attached hydrogens (tertiary/aromatic N) is 2. The molecule has 0 radical (unpaired) electrons. The summed E-state index contributed by atoms with van der Waals surface area (Å²) in [6.07, 6.45) is 0.601. The van der Waals surface area contributed by atoms with Gasteiger partial charge < -0.3 is 19.7 Å². The van der Waals surface area contributed by atoms with Gasteiger partial charge in [0, 0.05) is 44.3 Å². The molecule has 1 fully saturated rings. The number of carboxylic acids is 1. The van der Waals surface area contributed by atoms with Crippen molar-refractivity contribution in [1.29, 1.82) is 0 Å². The third-order valence-electron chi connectivity index (χ3n) is 4.10. The molecule has 1 heterocycles. The van der Waals surface area contributed by atoms with E-state index in [0.29, 0.717) is 19.5 Å². The van der Waals surface area contributed by atoms with Gasteiger partial charge in [0.25, 0.3) is 0 Å². The molecule has 0 aliphatic carbocycles. The minimum Gasteiger partial charge on any atom is -0.550 e. The molecular formula is C17H23N2O3-. The van der Waals surface area contributed by atoms with Crippen LogP contribution in [0.1, 0.15) is 30.4 Å². The Hall–Kier alpha value is -2.04. The van der Waals surface area contributed by atoms with Gasteiger partial charge in [-0.15, -0.1) is 0 Å². The van der Waals surface area contributed by atoms with Crippen LogP contribution in [0.4, 0.5) is 5.69 Å². The summed E-state index contributed by atoms with van der Waals surface area (Å²) in [5, 5.41) is 10.4. The standard InChI is InChI=1S/C17H24N2O3/c1-13-6-7-15(14(2)12-13)18-8-10-19(11-9-18)16(20)4-3-5-17(21)22/h6-7,12H,3-5,8-11H2,1-2H3,(H,21,22)/p-1. The number of rotatable bonds is 5. The van der Waals surface area contributed by atoms with Crippen molar-refractivity contribution < 1.29 is 14.7 Å². The Morgan fingerprint density at radius 2 is 1.77 bits per heavy atom. The van der Waals surface area contributed by atoms with Crippen LogP contribution in [0.3, 0.4) is 0 Å². The lowest BCUT2D eigenvalue weighted by molar-refractivity contribution is -0.305. The zero-order valence-electron chi connectivity index (χ0n) is 13.3. The van der Waals surface area contributed by atoms with Crippen LogP contribution in [0, 0.1) is 13.8 Å². The van der Waals surface area contributed by atoms with Crippen molar-refractivity contribution in [3.05, 3.63) is 29.3 Å². The van der Waals surface area contributed by atoms with Crippen LogP contribution >= 0.6 is 0 Å². The van der Waals surface area contributed by atoms with E-state index in [0.717, 1.165) is 13.1 Å². The monoisotopic (exact) mass is 303 g/mol. The van der Waals surface area contributed by atoms with Crippen molar-refractivity contribution in [3.63, 3.8) is 0 Å². The lowest BCUT2D eigenvalue weighted by Gasteiger charge is -2.37. The van der Waals surface area contributed by atoms with E-state index >= 15 is 0 Å². The van der Waals surface area contributed by atoms with Gasteiger partial charge in [0.15, 0.2) is 0 Å². The van der Waals surface area contributed by atoms with Crippen LogP contribution in [0.15, 0.2) is 18.2 Å². The van der Waals surface area contributed by atoms with Crippen molar-refractivity contribution in [3.8, 4) is 0 Å². The number of hydrogen-bond donors (Lipinski definition) is 0. The van der Waals surface area contributed by atoms with Gasteiger partial charge in [0.1, 0.15) is 0 Å². The number of carbonyl (C=O) groups is 2. The van der Waals surface area contributed by atoms with Crippen molar-refractivity contribution in [2.75, 3.05) is 31.1 Å². The summed E-state index contributed by atoms with van der Waals surface area (Å²) < 4.78 is 0. The highest BCUT2D eigenvalue weighted by Crippen LogP contribution is 2.22. The SMILES string of the molecule is Cc1ccc(N2CCN(C(=O)CCCC(=O)[O-])CC2)c(C)c1. The highest BCUT2D eigenvalue weighted by Gasteiger charge is 2.21. The first-order chi connectivity index (χ1) is 10.5. The smallest absolute Gasteiger partial charge is 0.222 e. The molecule has 0 aromatic heterocycles. The Balaban J connectivity index is 1.84. The van der Waals surface area contributed by atoms with Gasteiger partial charge in [-0.3, -0.25) is 4.79 Å². The lowest BCUT2D eigenvalue weighted by atomic mass is 10.1. The number of aryl methyl sites for hydroxylation is 2. The minimum absolute atomic E-state index is 0.0431. The predicted octanol–water partition coefficient (Wildman–Crippen LogP) is 0.872. The Morgan fingerprint density at radius 3 is 2.36 bits per heavy atom. The summed E-state index contributed by atoms with van der Waals surface area (Å²) >= 11 is 0. The summed E-state index contributed by atoms with van der Waals surface area (Å²) in [5.74, 6) is -1.05. The molecule has 0 bridgehead atoms. The number of carboxylic acid groups (broad SMARTS) is 1. The number of anilines is 1. The molecule has 5 heteroatoms. The van der Waals surface area contributed by atoms with E-state index in [-0.39, 0.29) is 18.7 Å². The molecule has 2 rings (SSSR count). The lowest BCUT2D eigenvalue weighted by Crippen LogP contribution is -2.49. The molecule has 1 aliphatic rings. The van der Waals surface area contributed by atoms with Crippen molar-refractivity contribution in [1.82, 2.24) is 4.90 Å². The Bertz CT molecular complexity index is 549. The van der Waals surface area contributed by atoms with E-state index in [1.165, 1.54) is 16.8 Å². The fourth-order valence-electron chi connectivity index (χ4n) is 2.90. The summed E-state index contributed by atoms with van der Waals surface area (Å²) in [6.45, 7) is 7.21. The van der Waals surface area contributed by atoms with E-state index in [9.17, 15) is 14.7 Å². The first-order valence-corrected chi connectivity index (χ1v) is 7.77. The third-order valence-corrected chi connectivity index (χ3v) is 4.10. The number of benzene rings is 1. The summed E-state index contributed by atoms with van der Waals surface area (Å²) in [7, 11) is 0. The van der Waals surface area contributed by atoms with Gasteiger partial charge in [0.2, 0.25) is 5.91 Å². The molecule has 5 nitrogen and oxygen atoms in total. The van der Waals surface area contributed by atoms with Gasteiger partial charge in [-0.05, 0) is 38.3 Å². The maximum absolute atomic E-state index is 12.0. The van der Waals surface area contributed by atoms with E-state index in [4.69, 9.17) is 0 Å². The molecule has 1 aliphatic heterocycles. The van der Waals surface area contributed by atoms with Crippen LogP contribution in [-0.2, 0) is 9.59 Å². The second-order valence-corrected chi connectivity index (χ2v) is 5.88. The molecule has 0 unspecified atom stereocenters. The van der Waals surface area contributed by atoms with Crippen LogP contribution in [0.5, 0.6) is 0 Å². The zero-order valence-corrected chi connectivity index (χ0v) is 13.3. The normalized spacial score (nSPS) is 15.0. The Kier molecular flexibility index (Phi) is 5.41. The molecule has 1 aromatic carbocycles. The summed E-state index contributed by atoms with van der Waals surface area (Å²) in [5.41, 5.74) is 3.74. The summed E-state index contributed by atoms with van der Waals surface area (Å²) in [6, 6.07) is 6.43. The number of hydrogen-bond acceptors (Lipinski definition) is 4. The largest absolute Gasteiger partial charge is 0.550 e. The fraction of sp³-hybridized carbons (Fsp3) is 0.529. The molecule has 0 atom stereocenters. The van der Waals surface area contributed by atoms with Crippen LogP contribution in [0.25, 0.3) is 0 Å². The number of aliphatic carboxylic acids is 1. The average molecular weight is 303 g/mol. The molecular weight excluding hydrogens is 280 g/mol. The van der Waals surface area contributed by atoms with Gasteiger partial charge in [0.05, 0.1) is 0 Å². The molecule has 22 heavy (non-hydrogen) atoms. The highest BCUT2D eigenvalue weighted by atomic mass is 16.4. The first-order valence-electron chi connectivity index (χ1n) is 7.77. The molecule has 0 spiro atoms. The zero-order chi connectivity index (χ0) is 16.1. The Labute approximate surface area is 131 Å². The van der Waals surface area contributed by atoms with Gasteiger partial charge in [-0.25, -0.2) is 0 Å². The van der Waals surface area contributed by atoms with Crippen LogP contribution < -0.4 is 10.0 Å². The van der Waals surface area contributed by atoms with Crippen LogP contribution in [-0.4, -0.2) is 43.0 Å². The third kappa shape index (κ3) is 4.23. The van der Waals surface area contributed by atoms with Crippen molar-refractivity contribution >= 4 is 17.6 Å². The molecule has 120 valence electrons. The van der Waals surface area contributed by atoms with E-state index in [1.54, 1.807) is 0 Å². The fourth-order valence-corrected chi connectivity index (χ4v) is 2.90. The topological polar surface area (TPSA) is 63.7 Å². The maximum Gasteiger partial charge on any atom is 0.222 e. The van der Waals surface area contributed by atoms with Crippen LogP contribution in [0.2, 0.25) is 0 Å². The van der Waals surface area contributed by atoms with Crippen molar-refractivity contribution in [2.24, 2.45) is 0 Å². The van der Waals surface area contributed by atoms with Gasteiger partial charge >= 0.3 is 0 Å². The highest BCUT2D eigenvalue weighted by molar-refractivity contribution is 5.77. The molecule has 1 amide bonds. The first kappa shape index (κ1) is 16.3. The van der Waals surface area contributed by atoms with E-state index < -0.39 is 5.97 Å². The maximum atomic E-state index is 12.0. The number of carbonyl (C=O) groups excluding carboxylic acids is 2.